The van der Waals surface area contributed by atoms with Gasteiger partial charge in [0.25, 0.3) is 0 Å². The van der Waals surface area contributed by atoms with E-state index in [9.17, 15) is 0 Å². The Kier molecular flexibility index (Phi) is 3.58. The van der Waals surface area contributed by atoms with Gasteiger partial charge in [-0.05, 0) is 29.3 Å². The number of hydrogen-bond acceptors (Lipinski definition) is 2. The summed E-state index contributed by atoms with van der Waals surface area (Å²) in [5.41, 5.74) is 5.85. The van der Waals surface area contributed by atoms with Crippen LogP contribution in [-0.4, -0.2) is 9.55 Å². The maximum Gasteiger partial charge on any atom is 0.140 e. The molecule has 0 aliphatic carbocycles. The lowest BCUT2D eigenvalue weighted by Gasteiger charge is -2.06. The van der Waals surface area contributed by atoms with E-state index < -0.39 is 0 Å². The van der Waals surface area contributed by atoms with Crippen LogP contribution in [-0.2, 0) is 7.05 Å². The molecule has 3 heteroatoms. The van der Waals surface area contributed by atoms with Crippen LogP contribution in [0.2, 0.25) is 0 Å². The van der Waals surface area contributed by atoms with E-state index in [0.29, 0.717) is 0 Å². The number of benzene rings is 4. The van der Waals surface area contributed by atoms with Crippen LogP contribution >= 0.6 is 11.3 Å². The molecule has 29 heavy (non-hydrogen) atoms. The fourth-order valence-electron chi connectivity index (χ4n) is 4.18. The van der Waals surface area contributed by atoms with Crippen molar-refractivity contribution in [1.82, 2.24) is 9.55 Å². The number of aromatic nitrogens is 2. The molecule has 0 aliphatic rings. The molecule has 0 unspecified atom stereocenters. The Balaban J connectivity index is 1.48. The average Bonchev–Trinajstić information content (AvgIpc) is 3.32. The summed E-state index contributed by atoms with van der Waals surface area (Å²) in [6, 6.07) is 32.3. The molecule has 6 aromatic rings. The van der Waals surface area contributed by atoms with Crippen LogP contribution in [0, 0.1) is 0 Å². The molecule has 138 valence electrons. The Morgan fingerprint density at radius 2 is 1.41 bits per heavy atom. The Bertz CT molecular complexity index is 1500. The van der Waals surface area contributed by atoms with E-state index in [0.717, 1.165) is 22.4 Å². The average molecular weight is 391 g/mol. The van der Waals surface area contributed by atoms with Gasteiger partial charge in [0.05, 0.1) is 11.0 Å². The number of thiophene rings is 1. The molecule has 0 fully saturated rings. The van der Waals surface area contributed by atoms with E-state index in [-0.39, 0.29) is 0 Å². The summed E-state index contributed by atoms with van der Waals surface area (Å²) in [7, 11) is 2.08. The zero-order chi connectivity index (χ0) is 19.4. The van der Waals surface area contributed by atoms with Crippen LogP contribution < -0.4 is 0 Å². The minimum absolute atomic E-state index is 0.998. The quantitative estimate of drug-likeness (QED) is 0.304. The molecule has 2 heterocycles. The Morgan fingerprint density at radius 3 is 2.28 bits per heavy atom. The van der Waals surface area contributed by atoms with E-state index in [1.807, 2.05) is 17.4 Å². The summed E-state index contributed by atoms with van der Waals surface area (Å²) >= 11 is 1.87. The third-order valence-electron chi connectivity index (χ3n) is 5.65. The predicted octanol–water partition coefficient (Wildman–Crippen LogP) is 7.28. The van der Waals surface area contributed by atoms with E-state index in [4.69, 9.17) is 4.98 Å². The minimum Gasteiger partial charge on any atom is -0.327 e. The zero-order valence-electron chi connectivity index (χ0n) is 16.0. The van der Waals surface area contributed by atoms with Crippen LogP contribution in [0.1, 0.15) is 0 Å². The molecule has 0 saturated carbocycles. The standard InChI is InChI=1S/C26H18N2S/c1-28-23-11-4-3-10-22(23)27-26(28)18-15-13-17(14-16-18)19-8-6-9-21-20-7-2-5-12-24(20)29-25(19)21/h2-16H,1H3. The Labute approximate surface area is 172 Å². The topological polar surface area (TPSA) is 17.8 Å². The van der Waals surface area contributed by atoms with Crippen molar-refractivity contribution in [3.63, 3.8) is 0 Å². The number of aryl methyl sites for hydroxylation is 1. The maximum absolute atomic E-state index is 4.83. The van der Waals surface area contributed by atoms with Gasteiger partial charge in [0.2, 0.25) is 0 Å². The molecule has 2 aromatic heterocycles. The molecular weight excluding hydrogens is 372 g/mol. The summed E-state index contributed by atoms with van der Waals surface area (Å²) in [6.07, 6.45) is 0. The van der Waals surface area contributed by atoms with Crippen molar-refractivity contribution in [2.24, 2.45) is 7.05 Å². The van der Waals surface area contributed by atoms with Crippen molar-refractivity contribution in [3.8, 4) is 22.5 Å². The fraction of sp³-hybridized carbons (Fsp3) is 0.0385. The Hall–Kier alpha value is -3.43. The molecule has 0 atom stereocenters. The highest BCUT2D eigenvalue weighted by atomic mass is 32.1. The van der Waals surface area contributed by atoms with Crippen molar-refractivity contribution in [1.29, 1.82) is 0 Å². The molecule has 0 N–H and O–H groups in total. The van der Waals surface area contributed by atoms with E-state index in [1.54, 1.807) is 0 Å². The highest BCUT2D eigenvalue weighted by Crippen LogP contribution is 2.40. The van der Waals surface area contributed by atoms with Gasteiger partial charge in [-0.15, -0.1) is 11.3 Å². The summed E-state index contributed by atoms with van der Waals surface area (Å²) in [4.78, 5) is 4.83. The van der Waals surface area contributed by atoms with Crippen molar-refractivity contribution >= 4 is 42.5 Å². The number of para-hydroxylation sites is 2. The molecule has 0 bridgehead atoms. The van der Waals surface area contributed by atoms with Gasteiger partial charge in [-0.1, -0.05) is 72.8 Å². The molecular formula is C26H18N2S. The predicted molar refractivity (Wildman–Crippen MR) is 124 cm³/mol. The first-order chi connectivity index (χ1) is 14.3. The minimum atomic E-state index is 0.998. The van der Waals surface area contributed by atoms with Crippen molar-refractivity contribution in [3.05, 3.63) is 91.0 Å². The van der Waals surface area contributed by atoms with Crippen LogP contribution in [0.4, 0.5) is 0 Å². The second-order valence-corrected chi connectivity index (χ2v) is 8.39. The summed E-state index contributed by atoms with van der Waals surface area (Å²) < 4.78 is 4.85. The SMILES string of the molecule is Cn1c(-c2ccc(-c3cccc4c3sc3ccccc34)cc2)nc2ccccc21. The van der Waals surface area contributed by atoms with Gasteiger partial charge in [-0.3, -0.25) is 0 Å². The molecule has 2 nitrogen and oxygen atoms in total. The van der Waals surface area contributed by atoms with Crippen LogP contribution in [0.5, 0.6) is 0 Å². The maximum atomic E-state index is 4.83. The summed E-state index contributed by atoms with van der Waals surface area (Å²) in [5.74, 6) is 0.998. The van der Waals surface area contributed by atoms with Crippen molar-refractivity contribution in [2.75, 3.05) is 0 Å². The van der Waals surface area contributed by atoms with Crippen LogP contribution in [0.3, 0.4) is 0 Å². The second kappa shape index (κ2) is 6.29. The fourth-order valence-corrected chi connectivity index (χ4v) is 5.42. The lowest BCUT2D eigenvalue weighted by atomic mass is 10.0. The number of imidazole rings is 1. The number of rotatable bonds is 2. The normalized spacial score (nSPS) is 11.6. The van der Waals surface area contributed by atoms with Gasteiger partial charge in [-0.25, -0.2) is 4.98 Å². The van der Waals surface area contributed by atoms with Gasteiger partial charge >= 0.3 is 0 Å². The summed E-state index contributed by atoms with van der Waals surface area (Å²) in [5, 5.41) is 2.67. The first-order valence-electron chi connectivity index (χ1n) is 9.72. The first-order valence-corrected chi connectivity index (χ1v) is 10.5. The van der Waals surface area contributed by atoms with Crippen LogP contribution in [0.15, 0.2) is 91.0 Å². The lowest BCUT2D eigenvalue weighted by Crippen LogP contribution is -1.92. The first kappa shape index (κ1) is 16.5. The molecule has 6 rings (SSSR count). The van der Waals surface area contributed by atoms with E-state index in [2.05, 4.69) is 96.5 Å². The molecule has 0 amide bonds. The molecule has 0 radical (unpaired) electrons. The highest BCUT2D eigenvalue weighted by molar-refractivity contribution is 7.26. The molecule has 4 aromatic carbocycles. The molecule has 0 spiro atoms. The van der Waals surface area contributed by atoms with Crippen molar-refractivity contribution in [2.45, 2.75) is 0 Å². The van der Waals surface area contributed by atoms with Gasteiger partial charge in [0, 0.05) is 32.8 Å². The number of fused-ring (bicyclic) bond motifs is 4. The number of hydrogen-bond donors (Lipinski definition) is 0. The van der Waals surface area contributed by atoms with Gasteiger partial charge in [0.15, 0.2) is 0 Å². The third kappa shape index (κ3) is 2.51. The van der Waals surface area contributed by atoms with E-state index >= 15 is 0 Å². The lowest BCUT2D eigenvalue weighted by molar-refractivity contribution is 0.959. The second-order valence-electron chi connectivity index (χ2n) is 7.34. The van der Waals surface area contributed by atoms with Crippen molar-refractivity contribution < 1.29 is 0 Å². The Morgan fingerprint density at radius 1 is 0.690 bits per heavy atom. The highest BCUT2D eigenvalue weighted by Gasteiger charge is 2.12. The number of nitrogens with zero attached hydrogens (tertiary/aromatic N) is 2. The molecule has 0 aliphatic heterocycles. The van der Waals surface area contributed by atoms with Gasteiger partial charge in [-0.2, -0.15) is 0 Å². The molecule has 0 saturated heterocycles. The smallest absolute Gasteiger partial charge is 0.140 e. The van der Waals surface area contributed by atoms with Gasteiger partial charge in [0.1, 0.15) is 5.82 Å². The summed E-state index contributed by atoms with van der Waals surface area (Å²) in [6.45, 7) is 0. The third-order valence-corrected chi connectivity index (χ3v) is 6.87. The van der Waals surface area contributed by atoms with Gasteiger partial charge < -0.3 is 4.57 Å². The zero-order valence-corrected chi connectivity index (χ0v) is 16.8. The monoisotopic (exact) mass is 390 g/mol. The van der Waals surface area contributed by atoms with Crippen LogP contribution in [0.25, 0.3) is 53.7 Å². The largest absolute Gasteiger partial charge is 0.327 e. The van der Waals surface area contributed by atoms with E-state index in [1.165, 1.54) is 31.3 Å².